The molecule has 6 heteroatoms. The van der Waals surface area contributed by atoms with E-state index in [1.54, 1.807) is 0 Å². The lowest BCUT2D eigenvalue weighted by Crippen LogP contribution is -2.67. The third-order valence-corrected chi connectivity index (χ3v) is 13.5. The van der Waals surface area contributed by atoms with Crippen molar-refractivity contribution < 1.29 is 19.4 Å². The van der Waals surface area contributed by atoms with Crippen molar-refractivity contribution in [1.29, 1.82) is 0 Å². The molecule has 1 aliphatic rings. The number of carbonyl (C=O) groups excluding carboxylic acids is 1. The van der Waals surface area contributed by atoms with Crippen LogP contribution < -0.4 is 15.7 Å². The van der Waals surface area contributed by atoms with Gasteiger partial charge in [0, 0.05) is 25.9 Å². The van der Waals surface area contributed by atoms with Crippen LogP contribution in [0, 0.1) is 0 Å². The molecule has 0 fully saturated rings. The van der Waals surface area contributed by atoms with Crippen LogP contribution in [-0.4, -0.2) is 42.7 Å². The fourth-order valence-electron chi connectivity index (χ4n) is 6.37. The van der Waals surface area contributed by atoms with Crippen LogP contribution in [0.1, 0.15) is 49.9 Å². The topological polar surface area (TPSA) is 78.8 Å². The summed E-state index contributed by atoms with van der Waals surface area (Å²) in [4.78, 5) is 14.0. The van der Waals surface area contributed by atoms with Gasteiger partial charge >= 0.3 is 0 Å². The van der Waals surface area contributed by atoms with Gasteiger partial charge < -0.3 is 20.0 Å². The van der Waals surface area contributed by atoms with Crippen LogP contribution in [0.25, 0.3) is 0 Å². The minimum absolute atomic E-state index is 0.0999. The highest BCUT2D eigenvalue weighted by Gasteiger charge is 2.51. The van der Waals surface area contributed by atoms with Gasteiger partial charge in [0.1, 0.15) is 5.60 Å². The predicted molar refractivity (Wildman–Crippen MR) is 170 cm³/mol. The number of nitrogens with one attached hydrogen (secondary N) is 1. The van der Waals surface area contributed by atoms with Crippen LogP contribution in [0.4, 0.5) is 0 Å². The lowest BCUT2D eigenvalue weighted by atomic mass is 9.90. The monoisotopic (exact) mass is 579 g/mol. The van der Waals surface area contributed by atoms with Crippen LogP contribution in [0.2, 0.25) is 5.04 Å². The molecule has 42 heavy (non-hydrogen) atoms. The molecular formula is C36H41NO4Si. The molecule has 1 amide bonds. The zero-order chi connectivity index (χ0) is 29.8. The van der Waals surface area contributed by atoms with E-state index in [1.165, 1.54) is 0 Å². The van der Waals surface area contributed by atoms with Crippen LogP contribution in [0.15, 0.2) is 115 Å². The molecule has 0 saturated carbocycles. The van der Waals surface area contributed by atoms with Gasteiger partial charge in [-0.3, -0.25) is 4.79 Å². The molecule has 1 aliphatic carbocycles. The SMILES string of the molecule is CC(C)(C)[Si](OCC[C@](O)(Cc1ccccc1)C(=O)N[C@H]1c2ccccc2C[C@H]1O)(c1ccccc1)c1ccccc1. The Morgan fingerprint density at radius 3 is 1.93 bits per heavy atom. The van der Waals surface area contributed by atoms with Crippen molar-refractivity contribution in [1.82, 2.24) is 5.32 Å². The molecule has 4 aromatic rings. The van der Waals surface area contributed by atoms with Gasteiger partial charge in [-0.05, 0) is 32.1 Å². The normalized spacial score (nSPS) is 18.2. The van der Waals surface area contributed by atoms with E-state index in [0.717, 1.165) is 27.1 Å². The Morgan fingerprint density at radius 1 is 0.833 bits per heavy atom. The predicted octanol–water partition coefficient (Wildman–Crippen LogP) is 4.70. The van der Waals surface area contributed by atoms with Gasteiger partial charge in [-0.15, -0.1) is 0 Å². The van der Waals surface area contributed by atoms with Crippen LogP contribution in [-0.2, 0) is 22.1 Å². The number of fused-ring (bicyclic) bond motifs is 1. The van der Waals surface area contributed by atoms with Crippen LogP contribution in [0.3, 0.4) is 0 Å². The van der Waals surface area contributed by atoms with E-state index in [4.69, 9.17) is 4.43 Å². The second-order valence-electron chi connectivity index (χ2n) is 12.4. The van der Waals surface area contributed by atoms with Crippen molar-refractivity contribution in [2.45, 2.75) is 62.8 Å². The first-order chi connectivity index (χ1) is 20.1. The van der Waals surface area contributed by atoms with E-state index in [-0.39, 0.29) is 24.5 Å². The maximum Gasteiger partial charge on any atom is 0.261 e. The number of aliphatic hydroxyl groups excluding tert-OH is 1. The fraction of sp³-hybridized carbons (Fsp3) is 0.306. The number of aliphatic hydroxyl groups is 2. The quantitative estimate of drug-likeness (QED) is 0.238. The van der Waals surface area contributed by atoms with E-state index in [1.807, 2.05) is 91.0 Å². The van der Waals surface area contributed by atoms with Gasteiger partial charge in [0.05, 0.1) is 12.1 Å². The highest BCUT2D eigenvalue weighted by Crippen LogP contribution is 2.37. The summed E-state index contributed by atoms with van der Waals surface area (Å²) in [7, 11) is -2.85. The van der Waals surface area contributed by atoms with Gasteiger partial charge in [-0.2, -0.15) is 0 Å². The molecule has 5 rings (SSSR count). The van der Waals surface area contributed by atoms with E-state index in [9.17, 15) is 15.0 Å². The Hall–Kier alpha value is -3.55. The second kappa shape index (κ2) is 12.4. The molecule has 0 spiro atoms. The van der Waals surface area contributed by atoms with Crippen molar-refractivity contribution in [3.8, 4) is 0 Å². The molecule has 0 bridgehead atoms. The highest BCUT2D eigenvalue weighted by molar-refractivity contribution is 6.99. The first-order valence-corrected chi connectivity index (χ1v) is 16.6. The molecule has 0 heterocycles. The molecule has 0 radical (unpaired) electrons. The number of hydrogen-bond acceptors (Lipinski definition) is 4. The zero-order valence-electron chi connectivity index (χ0n) is 24.7. The largest absolute Gasteiger partial charge is 0.407 e. The summed E-state index contributed by atoms with van der Waals surface area (Å²) >= 11 is 0. The lowest BCUT2D eigenvalue weighted by Gasteiger charge is -2.43. The van der Waals surface area contributed by atoms with E-state index in [0.29, 0.717) is 6.42 Å². The van der Waals surface area contributed by atoms with Crippen molar-refractivity contribution in [2.24, 2.45) is 0 Å². The molecule has 4 aromatic carbocycles. The summed E-state index contributed by atoms with van der Waals surface area (Å²) in [5.74, 6) is -0.502. The zero-order valence-corrected chi connectivity index (χ0v) is 25.7. The number of amides is 1. The smallest absolute Gasteiger partial charge is 0.261 e. The average molecular weight is 580 g/mol. The molecule has 5 nitrogen and oxygen atoms in total. The molecular weight excluding hydrogens is 538 g/mol. The molecule has 3 atom stereocenters. The molecule has 0 saturated heterocycles. The number of rotatable bonds is 10. The third-order valence-electron chi connectivity index (χ3n) is 8.50. The van der Waals surface area contributed by atoms with Gasteiger partial charge in [-0.1, -0.05) is 136 Å². The molecule has 3 N–H and O–H groups in total. The molecule has 0 unspecified atom stereocenters. The van der Waals surface area contributed by atoms with Gasteiger partial charge in [0.15, 0.2) is 0 Å². The van der Waals surface area contributed by atoms with Crippen molar-refractivity contribution >= 4 is 24.6 Å². The van der Waals surface area contributed by atoms with Crippen molar-refractivity contribution in [2.75, 3.05) is 6.61 Å². The first kappa shape index (κ1) is 29.9. The standard InChI is InChI=1S/C36H41NO4Si/c1-35(2,3)42(29-18-9-5-10-19-29,30-20-11-6-12-21-30)41-24-23-36(40,26-27-15-7-4-8-16-27)34(39)37-33-31-22-14-13-17-28(31)25-32(33)38/h4-22,32-33,38,40H,23-26H2,1-3H3,(H,37,39)/t32-,33+,36+/m1/s1. The van der Waals surface area contributed by atoms with Crippen LogP contribution in [0.5, 0.6) is 0 Å². The minimum atomic E-state index is -2.85. The Bertz CT molecular complexity index is 1430. The fourth-order valence-corrected chi connectivity index (χ4v) is 10.9. The summed E-state index contributed by atoms with van der Waals surface area (Å²) in [6.07, 6.45) is -0.0488. The lowest BCUT2D eigenvalue weighted by molar-refractivity contribution is -0.142. The third kappa shape index (κ3) is 5.99. The molecule has 218 valence electrons. The van der Waals surface area contributed by atoms with E-state index < -0.39 is 32.0 Å². The Morgan fingerprint density at radius 2 is 1.36 bits per heavy atom. The number of carbonyl (C=O) groups is 1. The first-order valence-electron chi connectivity index (χ1n) is 14.7. The number of hydrogen-bond donors (Lipinski definition) is 3. The molecule has 0 aromatic heterocycles. The van der Waals surface area contributed by atoms with E-state index in [2.05, 4.69) is 50.4 Å². The molecule has 0 aliphatic heterocycles. The maximum atomic E-state index is 14.0. The maximum absolute atomic E-state index is 14.0. The Labute approximate surface area is 250 Å². The second-order valence-corrected chi connectivity index (χ2v) is 16.7. The highest BCUT2D eigenvalue weighted by atomic mass is 28.4. The summed E-state index contributed by atoms with van der Waals surface area (Å²) in [6, 6.07) is 37.4. The van der Waals surface area contributed by atoms with Crippen LogP contribution >= 0.6 is 0 Å². The summed E-state index contributed by atoms with van der Waals surface area (Å²) in [5.41, 5.74) is 1.01. The summed E-state index contributed by atoms with van der Waals surface area (Å²) in [5, 5.41) is 28.0. The van der Waals surface area contributed by atoms with Gasteiger partial charge in [0.2, 0.25) is 0 Å². The minimum Gasteiger partial charge on any atom is -0.407 e. The average Bonchev–Trinajstić information content (AvgIpc) is 3.30. The van der Waals surface area contributed by atoms with Gasteiger partial charge in [-0.25, -0.2) is 0 Å². The van der Waals surface area contributed by atoms with Gasteiger partial charge in [0.25, 0.3) is 14.2 Å². The van der Waals surface area contributed by atoms with E-state index >= 15 is 0 Å². The van der Waals surface area contributed by atoms with Crippen molar-refractivity contribution in [3.05, 3.63) is 132 Å². The Balaban J connectivity index is 1.45. The summed E-state index contributed by atoms with van der Waals surface area (Å²) < 4.78 is 7.05. The Kier molecular flexibility index (Phi) is 8.80. The number of benzene rings is 4. The summed E-state index contributed by atoms with van der Waals surface area (Å²) in [6.45, 7) is 6.82. The van der Waals surface area contributed by atoms with Crippen molar-refractivity contribution in [3.63, 3.8) is 0 Å².